The van der Waals surface area contributed by atoms with Crippen LogP contribution in [0.25, 0.3) is 0 Å². The molecule has 1 atom stereocenters. The maximum atomic E-state index is 13.2. The standard InChI is InChI=1S/C26H34Cl2N2O2/c1-6-15-29-25(32)18(2)30(17-20-9-13-22(27)23(28)16-20)24(31)14-10-19-7-11-21(12-8-19)26(3,4)5/h7-9,11-13,16,18H,6,10,14-15,17H2,1-5H3,(H,29,32)/t18-/m0/s1. The zero-order valence-electron chi connectivity index (χ0n) is 19.7. The Kier molecular flexibility index (Phi) is 9.60. The molecule has 0 aliphatic heterocycles. The topological polar surface area (TPSA) is 49.4 Å². The fourth-order valence-corrected chi connectivity index (χ4v) is 3.70. The first-order chi connectivity index (χ1) is 15.0. The number of nitrogens with zero attached hydrogens (tertiary/aromatic N) is 1. The van der Waals surface area contributed by atoms with Gasteiger partial charge in [0, 0.05) is 19.5 Å². The molecule has 0 fully saturated rings. The largest absolute Gasteiger partial charge is 0.354 e. The van der Waals surface area contributed by atoms with Gasteiger partial charge in [0.1, 0.15) is 6.04 Å². The molecule has 2 aromatic rings. The molecule has 1 N–H and O–H groups in total. The van der Waals surface area contributed by atoms with E-state index in [1.165, 1.54) is 5.56 Å². The van der Waals surface area contributed by atoms with Crippen molar-refractivity contribution in [3.05, 3.63) is 69.2 Å². The van der Waals surface area contributed by atoms with Crippen LogP contribution >= 0.6 is 23.2 Å². The summed E-state index contributed by atoms with van der Waals surface area (Å²) in [6, 6.07) is 13.1. The fourth-order valence-electron chi connectivity index (χ4n) is 3.38. The van der Waals surface area contributed by atoms with Gasteiger partial charge >= 0.3 is 0 Å². The van der Waals surface area contributed by atoms with E-state index in [2.05, 4.69) is 50.4 Å². The Labute approximate surface area is 202 Å². The van der Waals surface area contributed by atoms with Crippen molar-refractivity contribution in [2.45, 2.75) is 71.9 Å². The SMILES string of the molecule is CCCNC(=O)[C@H](C)N(Cc1ccc(Cl)c(Cl)c1)C(=O)CCc1ccc(C(C)(C)C)cc1. The number of amides is 2. The number of hydrogen-bond acceptors (Lipinski definition) is 2. The second kappa shape index (κ2) is 11.7. The monoisotopic (exact) mass is 476 g/mol. The van der Waals surface area contributed by atoms with Crippen molar-refractivity contribution in [1.29, 1.82) is 0 Å². The maximum absolute atomic E-state index is 13.2. The second-order valence-corrected chi connectivity index (χ2v) is 10.00. The fraction of sp³-hybridized carbons (Fsp3) is 0.462. The van der Waals surface area contributed by atoms with Crippen molar-refractivity contribution >= 4 is 35.0 Å². The Morgan fingerprint density at radius 1 is 1.00 bits per heavy atom. The number of carbonyl (C=O) groups is 2. The number of nitrogens with one attached hydrogen (secondary N) is 1. The van der Waals surface area contributed by atoms with E-state index in [4.69, 9.17) is 23.2 Å². The van der Waals surface area contributed by atoms with Crippen LogP contribution < -0.4 is 5.32 Å². The van der Waals surface area contributed by atoms with Crippen LogP contribution in [0.5, 0.6) is 0 Å². The van der Waals surface area contributed by atoms with Gasteiger partial charge in [-0.25, -0.2) is 0 Å². The van der Waals surface area contributed by atoms with Crippen LogP contribution in [0, 0.1) is 0 Å². The molecule has 0 aliphatic rings. The molecule has 32 heavy (non-hydrogen) atoms. The summed E-state index contributed by atoms with van der Waals surface area (Å²) in [6.07, 6.45) is 1.77. The number of rotatable bonds is 9. The van der Waals surface area contributed by atoms with Gasteiger partial charge in [-0.1, -0.05) is 81.2 Å². The number of benzene rings is 2. The molecular weight excluding hydrogens is 443 g/mol. The molecule has 0 bridgehead atoms. The Bertz CT molecular complexity index is 920. The van der Waals surface area contributed by atoms with Crippen molar-refractivity contribution in [1.82, 2.24) is 10.2 Å². The van der Waals surface area contributed by atoms with Gasteiger partial charge in [0.25, 0.3) is 0 Å². The molecule has 6 heteroatoms. The van der Waals surface area contributed by atoms with Gasteiger partial charge in [-0.3, -0.25) is 9.59 Å². The van der Waals surface area contributed by atoms with Crippen LogP contribution in [-0.4, -0.2) is 29.3 Å². The van der Waals surface area contributed by atoms with E-state index < -0.39 is 6.04 Å². The predicted octanol–water partition coefficient (Wildman–Crippen LogP) is 6.17. The first-order valence-corrected chi connectivity index (χ1v) is 11.9. The number of aryl methyl sites for hydroxylation is 1. The van der Waals surface area contributed by atoms with Crippen LogP contribution in [-0.2, 0) is 28.0 Å². The summed E-state index contributed by atoms with van der Waals surface area (Å²) in [6.45, 7) is 11.2. The number of halogens is 2. The third-order valence-corrected chi connectivity index (χ3v) is 6.24. The highest BCUT2D eigenvalue weighted by Crippen LogP contribution is 2.25. The zero-order chi connectivity index (χ0) is 23.9. The van der Waals surface area contributed by atoms with E-state index in [9.17, 15) is 9.59 Å². The van der Waals surface area contributed by atoms with Crippen LogP contribution in [0.2, 0.25) is 10.0 Å². The number of carbonyl (C=O) groups excluding carboxylic acids is 2. The van der Waals surface area contributed by atoms with Gasteiger partial charge in [-0.15, -0.1) is 0 Å². The summed E-state index contributed by atoms with van der Waals surface area (Å²) in [7, 11) is 0. The van der Waals surface area contributed by atoms with Crippen molar-refractivity contribution in [3.63, 3.8) is 0 Å². The van der Waals surface area contributed by atoms with Crippen LogP contribution in [0.4, 0.5) is 0 Å². The average molecular weight is 477 g/mol. The van der Waals surface area contributed by atoms with Crippen LogP contribution in [0.15, 0.2) is 42.5 Å². The molecule has 2 aromatic carbocycles. The highest BCUT2D eigenvalue weighted by molar-refractivity contribution is 6.42. The first kappa shape index (κ1) is 26.2. The smallest absolute Gasteiger partial charge is 0.242 e. The first-order valence-electron chi connectivity index (χ1n) is 11.1. The van der Waals surface area contributed by atoms with Gasteiger partial charge in [0.05, 0.1) is 10.0 Å². The van der Waals surface area contributed by atoms with E-state index >= 15 is 0 Å². The van der Waals surface area contributed by atoms with Gasteiger partial charge in [0.2, 0.25) is 11.8 Å². The third kappa shape index (κ3) is 7.53. The molecule has 0 saturated carbocycles. The molecule has 0 unspecified atom stereocenters. The highest BCUT2D eigenvalue weighted by atomic mass is 35.5. The molecule has 174 valence electrons. The molecule has 4 nitrogen and oxygen atoms in total. The lowest BCUT2D eigenvalue weighted by atomic mass is 9.86. The maximum Gasteiger partial charge on any atom is 0.242 e. The van der Waals surface area contributed by atoms with Crippen molar-refractivity contribution < 1.29 is 9.59 Å². The van der Waals surface area contributed by atoms with Crippen molar-refractivity contribution in [2.75, 3.05) is 6.54 Å². The molecule has 0 heterocycles. The lowest BCUT2D eigenvalue weighted by Crippen LogP contribution is -2.47. The zero-order valence-corrected chi connectivity index (χ0v) is 21.2. The summed E-state index contributed by atoms with van der Waals surface area (Å²) in [5.74, 6) is -0.232. The van der Waals surface area contributed by atoms with Gasteiger partial charge < -0.3 is 10.2 Å². The average Bonchev–Trinajstić information content (AvgIpc) is 2.75. The Hall–Kier alpha value is -2.04. The molecule has 2 amide bonds. The predicted molar refractivity (Wildman–Crippen MR) is 133 cm³/mol. The highest BCUT2D eigenvalue weighted by Gasteiger charge is 2.26. The molecule has 0 radical (unpaired) electrons. The minimum Gasteiger partial charge on any atom is -0.354 e. The molecule has 0 saturated heterocycles. The van der Waals surface area contributed by atoms with E-state index in [-0.39, 0.29) is 17.2 Å². The normalized spacial score (nSPS) is 12.3. The molecule has 0 aromatic heterocycles. The summed E-state index contributed by atoms with van der Waals surface area (Å²) in [5.41, 5.74) is 3.28. The molecular formula is C26H34Cl2N2O2. The lowest BCUT2D eigenvalue weighted by Gasteiger charge is -2.29. The molecule has 2 rings (SSSR count). The van der Waals surface area contributed by atoms with E-state index in [0.717, 1.165) is 17.5 Å². The van der Waals surface area contributed by atoms with E-state index in [0.29, 0.717) is 36.0 Å². The molecule has 0 aliphatic carbocycles. The van der Waals surface area contributed by atoms with Crippen LogP contribution in [0.3, 0.4) is 0 Å². The minimum atomic E-state index is -0.591. The molecule has 0 spiro atoms. The summed E-state index contributed by atoms with van der Waals surface area (Å²) >= 11 is 12.2. The van der Waals surface area contributed by atoms with Crippen LogP contribution in [0.1, 0.15) is 64.2 Å². The summed E-state index contributed by atoms with van der Waals surface area (Å²) in [5, 5.41) is 3.78. The summed E-state index contributed by atoms with van der Waals surface area (Å²) in [4.78, 5) is 27.4. The Balaban J connectivity index is 2.15. The quantitative estimate of drug-likeness (QED) is 0.470. The van der Waals surface area contributed by atoms with Gasteiger partial charge in [-0.2, -0.15) is 0 Å². The Morgan fingerprint density at radius 2 is 1.62 bits per heavy atom. The third-order valence-electron chi connectivity index (χ3n) is 5.50. The van der Waals surface area contributed by atoms with Crippen molar-refractivity contribution in [3.8, 4) is 0 Å². The van der Waals surface area contributed by atoms with Gasteiger partial charge in [0.15, 0.2) is 0 Å². The van der Waals surface area contributed by atoms with Gasteiger partial charge in [-0.05, 0) is 54.0 Å². The Morgan fingerprint density at radius 3 is 2.19 bits per heavy atom. The second-order valence-electron chi connectivity index (χ2n) is 9.18. The lowest BCUT2D eigenvalue weighted by molar-refractivity contribution is -0.140. The minimum absolute atomic E-state index is 0.0740. The van der Waals surface area contributed by atoms with E-state index in [1.807, 2.05) is 13.0 Å². The van der Waals surface area contributed by atoms with Crippen molar-refractivity contribution in [2.24, 2.45) is 0 Å². The van der Waals surface area contributed by atoms with E-state index in [1.54, 1.807) is 24.0 Å². The number of hydrogen-bond donors (Lipinski definition) is 1. The summed E-state index contributed by atoms with van der Waals surface area (Å²) < 4.78 is 0.